The molecule has 0 amide bonds. The van der Waals surface area contributed by atoms with Crippen molar-refractivity contribution in [2.75, 3.05) is 56.0 Å². The first-order chi connectivity index (χ1) is 22.7. The molecule has 0 radical (unpaired) electrons. The Morgan fingerprint density at radius 3 is 2.02 bits per heavy atom. The van der Waals surface area contributed by atoms with E-state index >= 15 is 0 Å². The standard InChI is InChI=1S/C31H26F3N3O2.C3H9NS.C2H6O/c1-35-15-6-16-36-19-7-3-9-21-27(19)30-28-20(36)8-4-11-25(28)39-26-12-5-10-22(29(26)30)37(21)23-17-18(31(32,33)34)13-14-24(23)38-2;4-2-1-3-5;1-2-3/h3-5,7-14,17,30,35H,6,15-16H2,1-2H3;5H,1-4H2;3H,2H2,1H3. The van der Waals surface area contributed by atoms with Crippen molar-refractivity contribution in [3.8, 4) is 17.2 Å². The number of thiol groups is 1. The molecule has 0 fully saturated rings. The van der Waals surface area contributed by atoms with Crippen LogP contribution in [0.3, 0.4) is 0 Å². The van der Waals surface area contributed by atoms with E-state index in [1.54, 1.807) is 6.92 Å². The number of alkyl halides is 3. The summed E-state index contributed by atoms with van der Waals surface area (Å²) in [5, 5.41) is 10.8. The number of nitrogens with two attached hydrogens (primary N) is 1. The highest BCUT2D eigenvalue weighted by Gasteiger charge is 2.46. The highest BCUT2D eigenvalue weighted by atomic mass is 32.1. The molecule has 3 aliphatic rings. The predicted octanol–water partition coefficient (Wildman–Crippen LogP) is 8.11. The van der Waals surface area contributed by atoms with Crippen LogP contribution in [0.4, 0.5) is 41.6 Å². The topological polar surface area (TPSA) is 83.2 Å². The number of rotatable bonds is 8. The fraction of sp³-hybridized carbons (Fsp3) is 0.333. The molecule has 0 aromatic heterocycles. The molecule has 4 aromatic carbocycles. The van der Waals surface area contributed by atoms with Gasteiger partial charge in [-0.15, -0.1) is 0 Å². The molecule has 4 aromatic rings. The predicted molar refractivity (Wildman–Crippen MR) is 186 cm³/mol. The molecular formula is C36H41F3N4O3S. The van der Waals surface area contributed by atoms with E-state index in [2.05, 4.69) is 35.0 Å². The number of anilines is 5. The minimum atomic E-state index is -4.49. The Kier molecular flexibility index (Phi) is 10.9. The maximum absolute atomic E-state index is 13.9. The molecule has 3 heterocycles. The van der Waals surface area contributed by atoms with E-state index in [1.807, 2.05) is 54.4 Å². The van der Waals surface area contributed by atoms with Gasteiger partial charge < -0.3 is 35.4 Å². The van der Waals surface area contributed by atoms with E-state index in [4.69, 9.17) is 20.3 Å². The average molecular weight is 667 g/mol. The molecule has 0 bridgehead atoms. The molecule has 0 aliphatic carbocycles. The molecule has 1 unspecified atom stereocenters. The van der Waals surface area contributed by atoms with E-state index in [-0.39, 0.29) is 12.5 Å². The third-order valence-electron chi connectivity index (χ3n) is 8.21. The first-order valence-corrected chi connectivity index (χ1v) is 16.3. The Balaban J connectivity index is 0.000000490. The summed E-state index contributed by atoms with van der Waals surface area (Å²) >= 11 is 3.92. The summed E-state index contributed by atoms with van der Waals surface area (Å²) in [5.74, 6) is 2.69. The number of hydrogen-bond donors (Lipinski definition) is 4. The lowest BCUT2D eigenvalue weighted by atomic mass is 9.74. The lowest BCUT2D eigenvalue weighted by Crippen LogP contribution is -2.34. The number of methoxy groups -OCH3 is 1. The lowest BCUT2D eigenvalue weighted by molar-refractivity contribution is -0.137. The molecule has 0 saturated heterocycles. The van der Waals surface area contributed by atoms with Crippen molar-refractivity contribution in [2.45, 2.75) is 31.9 Å². The summed E-state index contributed by atoms with van der Waals surface area (Å²) in [6.07, 6.45) is -2.54. The maximum Gasteiger partial charge on any atom is 0.416 e. The molecule has 7 nitrogen and oxygen atoms in total. The maximum atomic E-state index is 13.9. The van der Waals surface area contributed by atoms with Gasteiger partial charge in [0.05, 0.1) is 29.7 Å². The smallest absolute Gasteiger partial charge is 0.416 e. The van der Waals surface area contributed by atoms with Crippen molar-refractivity contribution in [2.24, 2.45) is 5.73 Å². The van der Waals surface area contributed by atoms with Crippen LogP contribution in [0.1, 0.15) is 47.9 Å². The zero-order chi connectivity index (χ0) is 33.7. The third-order valence-corrected chi connectivity index (χ3v) is 8.53. The molecule has 11 heteroatoms. The molecule has 0 saturated carbocycles. The van der Waals surface area contributed by atoms with E-state index in [0.717, 1.165) is 89.5 Å². The van der Waals surface area contributed by atoms with E-state index in [9.17, 15) is 13.2 Å². The van der Waals surface area contributed by atoms with Crippen molar-refractivity contribution in [1.82, 2.24) is 5.32 Å². The van der Waals surface area contributed by atoms with Crippen LogP contribution in [0.2, 0.25) is 0 Å². The van der Waals surface area contributed by atoms with Gasteiger partial charge in [0.25, 0.3) is 0 Å². The molecule has 1 atom stereocenters. The zero-order valence-corrected chi connectivity index (χ0v) is 27.7. The summed E-state index contributed by atoms with van der Waals surface area (Å²) in [6, 6.07) is 21.6. The largest absolute Gasteiger partial charge is 0.495 e. The Labute approximate surface area is 279 Å². The van der Waals surface area contributed by atoms with Gasteiger partial charge in [0.1, 0.15) is 17.2 Å². The van der Waals surface area contributed by atoms with Crippen molar-refractivity contribution < 1.29 is 27.8 Å². The van der Waals surface area contributed by atoms with Crippen LogP contribution in [-0.4, -0.2) is 51.3 Å². The molecule has 4 N–H and O–H groups in total. The summed E-state index contributed by atoms with van der Waals surface area (Å²) in [4.78, 5) is 4.21. The first-order valence-electron chi connectivity index (χ1n) is 15.7. The second-order valence-corrected chi connectivity index (χ2v) is 11.6. The number of hydrogen-bond acceptors (Lipinski definition) is 8. The minimum Gasteiger partial charge on any atom is -0.495 e. The van der Waals surface area contributed by atoms with Gasteiger partial charge in [-0.2, -0.15) is 25.8 Å². The van der Waals surface area contributed by atoms with Gasteiger partial charge in [0.2, 0.25) is 0 Å². The number of aliphatic hydroxyl groups is 1. The van der Waals surface area contributed by atoms with Crippen LogP contribution in [-0.2, 0) is 6.18 Å². The number of ether oxygens (including phenoxy) is 2. The summed E-state index contributed by atoms with van der Waals surface area (Å²) in [5.41, 5.74) is 11.6. The molecule has 250 valence electrons. The van der Waals surface area contributed by atoms with Crippen LogP contribution in [0.15, 0.2) is 72.8 Å². The van der Waals surface area contributed by atoms with Crippen LogP contribution < -0.4 is 30.3 Å². The number of halogens is 3. The number of nitrogens with one attached hydrogen (secondary N) is 1. The normalized spacial score (nSPS) is 14.6. The van der Waals surface area contributed by atoms with Crippen molar-refractivity contribution >= 4 is 41.1 Å². The Morgan fingerprint density at radius 1 is 0.894 bits per heavy atom. The van der Waals surface area contributed by atoms with Gasteiger partial charge in [0, 0.05) is 47.1 Å². The van der Waals surface area contributed by atoms with Crippen LogP contribution in [0.5, 0.6) is 17.2 Å². The van der Waals surface area contributed by atoms with Crippen molar-refractivity contribution in [1.29, 1.82) is 0 Å². The van der Waals surface area contributed by atoms with E-state index in [0.29, 0.717) is 17.2 Å². The molecule has 0 spiro atoms. The summed E-state index contributed by atoms with van der Waals surface area (Å²) < 4.78 is 53.8. The Morgan fingerprint density at radius 2 is 1.47 bits per heavy atom. The third kappa shape index (κ3) is 6.49. The van der Waals surface area contributed by atoms with Gasteiger partial charge in [-0.25, -0.2) is 0 Å². The highest BCUT2D eigenvalue weighted by molar-refractivity contribution is 7.80. The van der Waals surface area contributed by atoms with Gasteiger partial charge in [-0.05, 0) is 100 Å². The fourth-order valence-electron chi connectivity index (χ4n) is 6.38. The molecule has 3 aliphatic heterocycles. The monoisotopic (exact) mass is 666 g/mol. The fourth-order valence-corrected chi connectivity index (χ4v) is 6.56. The molecular weight excluding hydrogens is 625 g/mol. The van der Waals surface area contributed by atoms with Crippen molar-refractivity contribution in [3.63, 3.8) is 0 Å². The minimum absolute atomic E-state index is 0.101. The second-order valence-electron chi connectivity index (χ2n) is 11.1. The Hall–Kier alpha value is -3.90. The first kappa shape index (κ1) is 34.4. The quantitative estimate of drug-likeness (QED) is 0.0965. The summed E-state index contributed by atoms with van der Waals surface area (Å²) in [6.45, 7) is 4.34. The van der Waals surface area contributed by atoms with Gasteiger partial charge >= 0.3 is 6.18 Å². The SMILES string of the molecule is CCO.CNCCCN1c2cccc3c2C2c4c(cccc4N(c4cc(C(F)(F)F)ccc4OC)c4cccc1c42)O3.NCCCS. The zero-order valence-electron chi connectivity index (χ0n) is 26.8. The number of nitrogens with zero attached hydrogens (tertiary/aromatic N) is 2. The summed E-state index contributed by atoms with van der Waals surface area (Å²) in [7, 11) is 3.42. The average Bonchev–Trinajstić information content (AvgIpc) is 3.06. The molecule has 7 rings (SSSR count). The Bertz CT molecular complexity index is 1700. The number of benzene rings is 4. The van der Waals surface area contributed by atoms with Crippen molar-refractivity contribution in [3.05, 3.63) is 95.1 Å². The van der Waals surface area contributed by atoms with Gasteiger partial charge in [0.15, 0.2) is 0 Å². The lowest BCUT2D eigenvalue weighted by Gasteiger charge is -2.47. The number of aliphatic hydroxyl groups excluding tert-OH is 1. The van der Waals surface area contributed by atoms with Gasteiger partial charge in [-0.1, -0.05) is 18.2 Å². The van der Waals surface area contributed by atoms with E-state index < -0.39 is 11.7 Å². The van der Waals surface area contributed by atoms with E-state index in [1.165, 1.54) is 19.2 Å². The highest BCUT2D eigenvalue weighted by Crippen LogP contribution is 2.65. The molecule has 47 heavy (non-hydrogen) atoms. The van der Waals surface area contributed by atoms with Crippen LogP contribution in [0.25, 0.3) is 0 Å². The van der Waals surface area contributed by atoms with Crippen LogP contribution in [0, 0.1) is 0 Å². The van der Waals surface area contributed by atoms with Gasteiger partial charge in [-0.3, -0.25) is 0 Å². The van der Waals surface area contributed by atoms with Crippen LogP contribution >= 0.6 is 12.6 Å². The second kappa shape index (κ2) is 14.9.